The Labute approximate surface area is 110 Å². The summed E-state index contributed by atoms with van der Waals surface area (Å²) in [5.74, 6) is -0.935. The van der Waals surface area contributed by atoms with Crippen molar-refractivity contribution in [1.29, 1.82) is 0 Å². The van der Waals surface area contributed by atoms with Gasteiger partial charge in [0.05, 0.1) is 17.8 Å². The molecule has 4 N–H and O–H groups in total. The lowest BCUT2D eigenvalue weighted by Crippen LogP contribution is -2.37. The molecule has 0 saturated heterocycles. The second-order valence-electron chi connectivity index (χ2n) is 4.60. The van der Waals surface area contributed by atoms with Crippen LogP contribution in [0.4, 0.5) is 11.5 Å². The number of carboxylic acids is 1. The van der Waals surface area contributed by atoms with Gasteiger partial charge in [0.15, 0.2) is 5.82 Å². The van der Waals surface area contributed by atoms with Crippen LogP contribution in [0.1, 0.15) is 23.2 Å². The molecule has 0 aliphatic heterocycles. The smallest absolute Gasteiger partial charge is 0.337 e. The van der Waals surface area contributed by atoms with Crippen LogP contribution in [0, 0.1) is 0 Å². The number of amides is 1. The lowest BCUT2D eigenvalue weighted by atomic mass is 10.2. The standard InChI is InChI=1S/C12H16N4O3/c1-16(6-9(17)15-7-2-3-7)11-10(13)8(12(18)19)4-5-14-11/h4-5,7H,2-3,6,13H2,1H3,(H,15,17)(H,18,19). The average Bonchev–Trinajstić information content (AvgIpc) is 3.12. The number of hydrogen-bond donors (Lipinski definition) is 3. The Morgan fingerprint density at radius 2 is 2.26 bits per heavy atom. The second kappa shape index (κ2) is 5.13. The van der Waals surface area contributed by atoms with Gasteiger partial charge in [-0.15, -0.1) is 0 Å². The lowest BCUT2D eigenvalue weighted by molar-refractivity contribution is -0.119. The van der Waals surface area contributed by atoms with E-state index in [2.05, 4.69) is 10.3 Å². The van der Waals surface area contributed by atoms with Crippen molar-refractivity contribution in [3.05, 3.63) is 17.8 Å². The Bertz CT molecular complexity index is 514. The molecule has 1 saturated carbocycles. The first-order valence-electron chi connectivity index (χ1n) is 5.97. The number of rotatable bonds is 5. The van der Waals surface area contributed by atoms with Crippen LogP contribution in [0.25, 0.3) is 0 Å². The molecule has 1 aliphatic rings. The van der Waals surface area contributed by atoms with Crippen molar-refractivity contribution >= 4 is 23.4 Å². The van der Waals surface area contributed by atoms with Crippen molar-refractivity contribution in [2.24, 2.45) is 0 Å². The van der Waals surface area contributed by atoms with Gasteiger partial charge in [0.2, 0.25) is 5.91 Å². The van der Waals surface area contributed by atoms with Crippen LogP contribution in [-0.4, -0.2) is 41.6 Å². The van der Waals surface area contributed by atoms with Gasteiger partial charge in [0, 0.05) is 19.3 Å². The summed E-state index contributed by atoms with van der Waals surface area (Å²) in [5.41, 5.74) is 5.81. The number of carboxylic acid groups (broad SMARTS) is 1. The van der Waals surface area contributed by atoms with Crippen molar-refractivity contribution in [2.45, 2.75) is 18.9 Å². The molecule has 1 aromatic heterocycles. The van der Waals surface area contributed by atoms with Crippen LogP contribution in [0.5, 0.6) is 0 Å². The zero-order valence-electron chi connectivity index (χ0n) is 10.6. The predicted molar refractivity (Wildman–Crippen MR) is 70.0 cm³/mol. The molecule has 0 atom stereocenters. The van der Waals surface area contributed by atoms with Crippen LogP contribution in [0.15, 0.2) is 12.3 Å². The first-order valence-corrected chi connectivity index (χ1v) is 5.97. The van der Waals surface area contributed by atoms with E-state index < -0.39 is 5.97 Å². The first kappa shape index (κ1) is 13.1. The summed E-state index contributed by atoms with van der Waals surface area (Å²) in [4.78, 5) is 28.2. The lowest BCUT2D eigenvalue weighted by Gasteiger charge is -2.19. The fraction of sp³-hybridized carbons (Fsp3) is 0.417. The van der Waals surface area contributed by atoms with Crippen LogP contribution < -0.4 is 16.0 Å². The monoisotopic (exact) mass is 264 g/mol. The van der Waals surface area contributed by atoms with Crippen LogP contribution >= 0.6 is 0 Å². The number of nitrogens with two attached hydrogens (primary N) is 1. The highest BCUT2D eigenvalue weighted by atomic mass is 16.4. The van der Waals surface area contributed by atoms with E-state index in [9.17, 15) is 9.59 Å². The number of nitrogen functional groups attached to an aromatic ring is 1. The molecule has 1 heterocycles. The number of aromatic nitrogens is 1. The molecule has 0 unspecified atom stereocenters. The first-order chi connectivity index (χ1) is 8.99. The zero-order chi connectivity index (χ0) is 14.0. The van der Waals surface area contributed by atoms with Gasteiger partial charge < -0.3 is 21.1 Å². The summed E-state index contributed by atoms with van der Waals surface area (Å²) in [6, 6.07) is 1.62. The Hall–Kier alpha value is -2.31. The number of nitrogens with one attached hydrogen (secondary N) is 1. The Morgan fingerprint density at radius 1 is 1.58 bits per heavy atom. The molecule has 102 valence electrons. The maximum Gasteiger partial charge on any atom is 0.337 e. The zero-order valence-corrected chi connectivity index (χ0v) is 10.6. The molecule has 0 bridgehead atoms. The highest BCUT2D eigenvalue weighted by molar-refractivity contribution is 5.96. The van der Waals surface area contributed by atoms with Gasteiger partial charge in [-0.2, -0.15) is 0 Å². The van der Waals surface area contributed by atoms with Crippen LogP contribution in [0.3, 0.4) is 0 Å². The minimum absolute atomic E-state index is 0.0144. The molecule has 1 aliphatic carbocycles. The van der Waals surface area contributed by atoms with Crippen LogP contribution in [-0.2, 0) is 4.79 Å². The highest BCUT2D eigenvalue weighted by Crippen LogP contribution is 2.23. The molecule has 0 aromatic carbocycles. The Balaban J connectivity index is 2.09. The third-order valence-corrected chi connectivity index (χ3v) is 2.88. The van der Waals surface area contributed by atoms with E-state index in [1.807, 2.05) is 0 Å². The normalized spacial score (nSPS) is 13.9. The molecular formula is C12H16N4O3. The van der Waals surface area contributed by atoms with Gasteiger partial charge in [-0.3, -0.25) is 4.79 Å². The highest BCUT2D eigenvalue weighted by Gasteiger charge is 2.24. The second-order valence-corrected chi connectivity index (χ2v) is 4.60. The molecular weight excluding hydrogens is 248 g/mol. The summed E-state index contributed by atoms with van der Waals surface area (Å²) in [6.07, 6.45) is 3.40. The fourth-order valence-electron chi connectivity index (χ4n) is 1.74. The SMILES string of the molecule is CN(CC(=O)NC1CC1)c1nccc(C(=O)O)c1N. The molecule has 7 heteroatoms. The van der Waals surface area contributed by atoms with Gasteiger partial charge in [0.1, 0.15) is 0 Å². The quantitative estimate of drug-likeness (QED) is 0.694. The van der Waals surface area contributed by atoms with E-state index in [1.54, 1.807) is 11.9 Å². The molecule has 1 fully saturated rings. The van der Waals surface area contributed by atoms with E-state index in [-0.39, 0.29) is 29.7 Å². The molecule has 1 amide bonds. The minimum Gasteiger partial charge on any atom is -0.478 e. The summed E-state index contributed by atoms with van der Waals surface area (Å²) in [6.45, 7) is 0.0940. The fourth-order valence-corrected chi connectivity index (χ4v) is 1.74. The number of pyridine rings is 1. The molecule has 0 radical (unpaired) electrons. The number of hydrogen-bond acceptors (Lipinski definition) is 5. The van der Waals surface area contributed by atoms with E-state index in [1.165, 1.54) is 12.3 Å². The Kier molecular flexibility index (Phi) is 3.55. The van der Waals surface area contributed by atoms with E-state index >= 15 is 0 Å². The topological polar surface area (TPSA) is 109 Å². The number of carbonyl (C=O) groups is 2. The maximum absolute atomic E-state index is 11.7. The third kappa shape index (κ3) is 3.12. The minimum atomic E-state index is -1.11. The maximum atomic E-state index is 11.7. The molecule has 0 spiro atoms. The molecule has 2 rings (SSSR count). The molecule has 1 aromatic rings. The van der Waals surface area contributed by atoms with Gasteiger partial charge in [0.25, 0.3) is 0 Å². The van der Waals surface area contributed by atoms with E-state index in [0.29, 0.717) is 5.82 Å². The summed E-state index contributed by atoms with van der Waals surface area (Å²) >= 11 is 0. The van der Waals surface area contributed by atoms with E-state index in [4.69, 9.17) is 10.8 Å². The predicted octanol–water partition coefficient (Wildman–Crippen LogP) is 0.0768. The largest absolute Gasteiger partial charge is 0.478 e. The van der Waals surface area contributed by atoms with Gasteiger partial charge in [-0.1, -0.05) is 0 Å². The number of carbonyl (C=O) groups excluding carboxylic acids is 1. The van der Waals surface area contributed by atoms with Crippen molar-refractivity contribution in [3.63, 3.8) is 0 Å². The summed E-state index contributed by atoms with van der Waals surface area (Å²) < 4.78 is 0. The Morgan fingerprint density at radius 3 is 2.84 bits per heavy atom. The van der Waals surface area contributed by atoms with Crippen LogP contribution in [0.2, 0.25) is 0 Å². The average molecular weight is 264 g/mol. The van der Waals surface area contributed by atoms with Gasteiger partial charge >= 0.3 is 5.97 Å². The van der Waals surface area contributed by atoms with Crippen molar-refractivity contribution in [3.8, 4) is 0 Å². The summed E-state index contributed by atoms with van der Waals surface area (Å²) in [7, 11) is 1.65. The summed E-state index contributed by atoms with van der Waals surface area (Å²) in [5, 5.41) is 11.8. The van der Waals surface area contributed by atoms with Crippen molar-refractivity contribution in [2.75, 3.05) is 24.2 Å². The van der Waals surface area contributed by atoms with Gasteiger partial charge in [-0.05, 0) is 18.9 Å². The molecule has 19 heavy (non-hydrogen) atoms. The van der Waals surface area contributed by atoms with Gasteiger partial charge in [-0.25, -0.2) is 9.78 Å². The number of aromatic carboxylic acids is 1. The number of likely N-dealkylation sites (N-methyl/N-ethyl adjacent to an activating group) is 1. The number of anilines is 2. The molecule has 7 nitrogen and oxygen atoms in total. The van der Waals surface area contributed by atoms with E-state index in [0.717, 1.165) is 12.8 Å². The van der Waals surface area contributed by atoms with Crippen molar-refractivity contribution in [1.82, 2.24) is 10.3 Å². The third-order valence-electron chi connectivity index (χ3n) is 2.88. The van der Waals surface area contributed by atoms with Crippen molar-refractivity contribution < 1.29 is 14.7 Å². The number of nitrogens with zero attached hydrogens (tertiary/aromatic N) is 2.